The summed E-state index contributed by atoms with van der Waals surface area (Å²) in [4.78, 5) is 32.9. The molecule has 1 unspecified atom stereocenters. The minimum atomic E-state index is -0.0315. The third-order valence-electron chi connectivity index (χ3n) is 4.61. The van der Waals surface area contributed by atoms with E-state index < -0.39 is 0 Å². The molecule has 2 heterocycles. The first-order chi connectivity index (χ1) is 12.9. The van der Waals surface area contributed by atoms with Crippen LogP contribution < -0.4 is 5.56 Å². The molecule has 27 heavy (non-hydrogen) atoms. The summed E-state index contributed by atoms with van der Waals surface area (Å²) < 4.78 is 1.66. The van der Waals surface area contributed by atoms with Crippen molar-refractivity contribution in [2.75, 3.05) is 18.8 Å². The van der Waals surface area contributed by atoms with Gasteiger partial charge in [-0.05, 0) is 32.9 Å². The number of rotatable bonds is 6. The Morgan fingerprint density at radius 3 is 2.59 bits per heavy atom. The third kappa shape index (κ3) is 4.24. The minimum absolute atomic E-state index is 0.0315. The number of amides is 1. The van der Waals surface area contributed by atoms with Crippen molar-refractivity contribution in [2.24, 2.45) is 0 Å². The molecule has 0 saturated carbocycles. The van der Waals surface area contributed by atoms with E-state index in [2.05, 4.69) is 6.92 Å². The first-order valence-electron chi connectivity index (χ1n) is 9.24. The van der Waals surface area contributed by atoms with Crippen LogP contribution in [0, 0.1) is 6.92 Å². The lowest BCUT2D eigenvalue weighted by atomic mass is 10.2. The Labute approximate surface area is 168 Å². The monoisotopic (exact) mass is 403 g/mol. The Balaban J connectivity index is 2.00. The standard InChI is InChI=1S/C20H25N3O2S2/c1-5-22(6-2)17(24)12-26-20-21-16-11-14(4)27-18(16)19(25)23(20)15-9-7-13(3)8-10-15/h7-10,14H,5-6,11-12H2,1-4H3. The molecule has 0 N–H and O–H groups in total. The molecule has 0 bridgehead atoms. The lowest BCUT2D eigenvalue weighted by Gasteiger charge is -2.19. The highest BCUT2D eigenvalue weighted by Gasteiger charge is 2.27. The van der Waals surface area contributed by atoms with Crippen LogP contribution in [0.25, 0.3) is 5.69 Å². The van der Waals surface area contributed by atoms with Gasteiger partial charge in [0.25, 0.3) is 5.56 Å². The fourth-order valence-electron chi connectivity index (χ4n) is 3.11. The molecule has 1 atom stereocenters. The summed E-state index contributed by atoms with van der Waals surface area (Å²) in [5.41, 5.74) is 2.75. The number of aromatic nitrogens is 2. The highest BCUT2D eigenvalue weighted by molar-refractivity contribution is 8.00. The van der Waals surface area contributed by atoms with Gasteiger partial charge in [-0.25, -0.2) is 4.98 Å². The van der Waals surface area contributed by atoms with Gasteiger partial charge >= 0.3 is 0 Å². The van der Waals surface area contributed by atoms with Crippen LogP contribution in [-0.4, -0.2) is 44.5 Å². The molecule has 5 nitrogen and oxygen atoms in total. The zero-order valence-electron chi connectivity index (χ0n) is 16.2. The van der Waals surface area contributed by atoms with E-state index in [-0.39, 0.29) is 17.2 Å². The van der Waals surface area contributed by atoms with Crippen LogP contribution in [-0.2, 0) is 11.2 Å². The van der Waals surface area contributed by atoms with Gasteiger partial charge in [0, 0.05) is 24.8 Å². The number of aryl methyl sites for hydroxylation is 1. The van der Waals surface area contributed by atoms with Crippen molar-refractivity contribution in [1.82, 2.24) is 14.5 Å². The molecule has 0 spiro atoms. The first kappa shape index (κ1) is 20.0. The molecule has 0 aliphatic carbocycles. The van der Waals surface area contributed by atoms with Crippen molar-refractivity contribution in [3.8, 4) is 5.69 Å². The first-order valence-corrected chi connectivity index (χ1v) is 11.1. The van der Waals surface area contributed by atoms with Gasteiger partial charge < -0.3 is 4.90 Å². The number of carbonyl (C=O) groups excluding carboxylic acids is 1. The number of thioether (sulfide) groups is 2. The summed E-state index contributed by atoms with van der Waals surface area (Å²) in [5.74, 6) is 0.347. The smallest absolute Gasteiger partial charge is 0.272 e. The van der Waals surface area contributed by atoms with Gasteiger partial charge in [0.15, 0.2) is 5.16 Å². The SMILES string of the molecule is CCN(CC)C(=O)CSc1nc2c(c(=O)n1-c1ccc(C)cc1)SC(C)C2. The average Bonchev–Trinajstić information content (AvgIpc) is 3.03. The maximum atomic E-state index is 13.2. The Morgan fingerprint density at radius 1 is 1.30 bits per heavy atom. The third-order valence-corrected chi connectivity index (χ3v) is 6.75. The van der Waals surface area contributed by atoms with Crippen molar-refractivity contribution in [1.29, 1.82) is 0 Å². The number of fused-ring (bicyclic) bond motifs is 1. The van der Waals surface area contributed by atoms with Gasteiger partial charge in [-0.3, -0.25) is 14.2 Å². The van der Waals surface area contributed by atoms with Gasteiger partial charge in [0.05, 0.1) is 22.0 Å². The Morgan fingerprint density at radius 2 is 1.96 bits per heavy atom. The Kier molecular flexibility index (Phi) is 6.32. The van der Waals surface area contributed by atoms with Crippen molar-refractivity contribution in [2.45, 2.75) is 49.4 Å². The molecule has 1 aromatic heterocycles. The fourth-order valence-corrected chi connectivity index (χ4v) is 5.14. The Hall–Kier alpha value is -1.73. The fraction of sp³-hybridized carbons (Fsp3) is 0.450. The van der Waals surface area contributed by atoms with Crippen molar-refractivity contribution < 1.29 is 4.79 Å². The van der Waals surface area contributed by atoms with Gasteiger partial charge in [0.1, 0.15) is 0 Å². The predicted octanol–water partition coefficient (Wildman–Crippen LogP) is 3.54. The van der Waals surface area contributed by atoms with Crippen molar-refractivity contribution in [3.05, 3.63) is 45.9 Å². The predicted molar refractivity (Wildman–Crippen MR) is 112 cm³/mol. The van der Waals surface area contributed by atoms with E-state index >= 15 is 0 Å². The highest BCUT2D eigenvalue weighted by atomic mass is 32.2. The molecule has 7 heteroatoms. The van der Waals surface area contributed by atoms with Gasteiger partial charge in [-0.15, -0.1) is 11.8 Å². The minimum Gasteiger partial charge on any atom is -0.343 e. The molecular formula is C20H25N3O2S2. The highest BCUT2D eigenvalue weighted by Crippen LogP contribution is 2.34. The normalized spacial score (nSPS) is 15.6. The largest absolute Gasteiger partial charge is 0.343 e. The summed E-state index contributed by atoms with van der Waals surface area (Å²) in [5, 5.41) is 0.946. The van der Waals surface area contributed by atoms with E-state index in [4.69, 9.17) is 4.98 Å². The second-order valence-electron chi connectivity index (χ2n) is 6.63. The van der Waals surface area contributed by atoms with Crippen LogP contribution in [0.4, 0.5) is 0 Å². The number of hydrogen-bond acceptors (Lipinski definition) is 5. The van der Waals surface area contributed by atoms with E-state index in [0.29, 0.717) is 23.5 Å². The maximum Gasteiger partial charge on any atom is 0.272 e. The van der Waals surface area contributed by atoms with E-state index in [9.17, 15) is 9.59 Å². The number of benzene rings is 1. The summed E-state index contributed by atoms with van der Waals surface area (Å²) in [6.45, 7) is 9.45. The second kappa shape index (κ2) is 8.52. The number of nitrogens with zero attached hydrogens (tertiary/aromatic N) is 3. The molecule has 1 aromatic carbocycles. The molecule has 0 radical (unpaired) electrons. The van der Waals surface area contributed by atoms with Crippen LogP contribution >= 0.6 is 23.5 Å². The molecule has 0 fully saturated rings. The summed E-state index contributed by atoms with van der Waals surface area (Å²) >= 11 is 2.94. The number of hydrogen-bond donors (Lipinski definition) is 0. The number of carbonyl (C=O) groups is 1. The topological polar surface area (TPSA) is 55.2 Å². The van der Waals surface area contributed by atoms with Crippen LogP contribution in [0.15, 0.2) is 39.1 Å². The molecule has 2 aromatic rings. The zero-order valence-corrected chi connectivity index (χ0v) is 17.8. The van der Waals surface area contributed by atoms with Crippen LogP contribution in [0.2, 0.25) is 0 Å². The quantitative estimate of drug-likeness (QED) is 0.545. The molecule has 144 valence electrons. The van der Waals surface area contributed by atoms with Gasteiger partial charge in [-0.2, -0.15) is 0 Å². The van der Waals surface area contributed by atoms with E-state index in [1.807, 2.05) is 45.0 Å². The molecule has 1 aliphatic heterocycles. The van der Waals surface area contributed by atoms with Gasteiger partial charge in [-0.1, -0.05) is 36.4 Å². The van der Waals surface area contributed by atoms with Crippen LogP contribution in [0.3, 0.4) is 0 Å². The molecule has 3 rings (SSSR count). The lowest BCUT2D eigenvalue weighted by molar-refractivity contribution is -0.127. The molecule has 0 saturated heterocycles. The van der Waals surface area contributed by atoms with E-state index in [0.717, 1.165) is 28.3 Å². The summed E-state index contributed by atoms with van der Waals surface area (Å²) in [6.07, 6.45) is 0.793. The Bertz CT molecular complexity index is 889. The molecular weight excluding hydrogens is 378 g/mol. The second-order valence-corrected chi connectivity index (χ2v) is 9.02. The van der Waals surface area contributed by atoms with E-state index in [1.54, 1.807) is 21.2 Å². The average molecular weight is 404 g/mol. The van der Waals surface area contributed by atoms with Crippen molar-refractivity contribution >= 4 is 29.4 Å². The lowest BCUT2D eigenvalue weighted by Crippen LogP contribution is -2.32. The zero-order chi connectivity index (χ0) is 19.6. The molecule has 1 aliphatic rings. The summed E-state index contributed by atoms with van der Waals surface area (Å²) in [7, 11) is 0. The van der Waals surface area contributed by atoms with Crippen molar-refractivity contribution in [3.63, 3.8) is 0 Å². The van der Waals surface area contributed by atoms with E-state index in [1.165, 1.54) is 11.8 Å². The maximum absolute atomic E-state index is 13.2. The summed E-state index contributed by atoms with van der Waals surface area (Å²) in [6, 6.07) is 7.84. The van der Waals surface area contributed by atoms with Gasteiger partial charge in [0.2, 0.25) is 5.91 Å². The molecule has 1 amide bonds. The van der Waals surface area contributed by atoms with Crippen LogP contribution in [0.5, 0.6) is 0 Å². The van der Waals surface area contributed by atoms with Crippen LogP contribution in [0.1, 0.15) is 32.0 Å².